The van der Waals surface area contributed by atoms with Crippen LogP contribution in [0.2, 0.25) is 0 Å². The van der Waals surface area contributed by atoms with E-state index in [1.165, 1.54) is 43.3 Å². The monoisotopic (exact) mass is 403 g/mol. The first kappa shape index (κ1) is 18.1. The highest BCUT2D eigenvalue weighted by atomic mass is 79.9. The molecule has 0 spiro atoms. The molecule has 1 amide bonds. The van der Waals surface area contributed by atoms with E-state index < -0.39 is 24.4 Å². The second-order valence-electron chi connectivity index (χ2n) is 4.70. The molecule has 4 nitrogen and oxygen atoms in total. The number of amides is 1. The van der Waals surface area contributed by atoms with Crippen LogP contribution in [0, 0.1) is 5.82 Å². The van der Waals surface area contributed by atoms with Gasteiger partial charge in [-0.15, -0.1) is 0 Å². The first-order valence-corrected chi connectivity index (χ1v) is 7.62. The molecule has 0 aromatic heterocycles. The van der Waals surface area contributed by atoms with Crippen LogP contribution >= 0.6 is 15.9 Å². The van der Waals surface area contributed by atoms with E-state index >= 15 is 0 Å². The number of para-hydroxylation sites is 2. The maximum absolute atomic E-state index is 13.0. The maximum atomic E-state index is 13.0. The summed E-state index contributed by atoms with van der Waals surface area (Å²) in [5.41, 5.74) is 0.0939. The van der Waals surface area contributed by atoms with Crippen molar-refractivity contribution in [1.29, 1.82) is 0 Å². The van der Waals surface area contributed by atoms with Gasteiger partial charge in [-0.1, -0.05) is 12.1 Å². The molecule has 2 rings (SSSR count). The number of carbonyl (C=O) groups is 1. The topological polar surface area (TPSA) is 47.6 Å². The zero-order chi connectivity index (χ0) is 17.7. The lowest BCUT2D eigenvalue weighted by Gasteiger charge is -2.17. The minimum Gasteiger partial charge on any atom is -0.480 e. The summed E-state index contributed by atoms with van der Waals surface area (Å²) in [7, 11) is 0. The Morgan fingerprint density at radius 2 is 1.83 bits per heavy atom. The smallest absolute Gasteiger partial charge is 0.387 e. The largest absolute Gasteiger partial charge is 0.480 e. The van der Waals surface area contributed by atoms with Gasteiger partial charge in [0.2, 0.25) is 0 Å². The summed E-state index contributed by atoms with van der Waals surface area (Å²) >= 11 is 3.13. The van der Waals surface area contributed by atoms with E-state index in [-0.39, 0.29) is 17.2 Å². The highest BCUT2D eigenvalue weighted by molar-refractivity contribution is 9.10. The van der Waals surface area contributed by atoms with Crippen molar-refractivity contribution in [3.63, 3.8) is 0 Å². The van der Waals surface area contributed by atoms with E-state index in [0.29, 0.717) is 4.47 Å². The molecule has 2 aromatic carbocycles. The Balaban J connectivity index is 2.06. The van der Waals surface area contributed by atoms with Crippen molar-refractivity contribution < 1.29 is 27.4 Å². The number of hydrogen-bond donors (Lipinski definition) is 1. The van der Waals surface area contributed by atoms with Crippen LogP contribution in [0.1, 0.15) is 6.92 Å². The van der Waals surface area contributed by atoms with Crippen LogP contribution in [-0.4, -0.2) is 18.6 Å². The molecule has 0 fully saturated rings. The van der Waals surface area contributed by atoms with E-state index in [4.69, 9.17) is 4.74 Å². The summed E-state index contributed by atoms with van der Waals surface area (Å²) in [6.07, 6.45) is -0.952. The molecular weight excluding hydrogens is 391 g/mol. The van der Waals surface area contributed by atoms with Crippen molar-refractivity contribution >= 4 is 27.5 Å². The minimum atomic E-state index is -3.01. The number of nitrogens with one attached hydrogen (secondary N) is 1. The molecule has 0 saturated carbocycles. The van der Waals surface area contributed by atoms with E-state index in [9.17, 15) is 18.0 Å². The van der Waals surface area contributed by atoms with Gasteiger partial charge in [-0.3, -0.25) is 4.79 Å². The second kappa shape index (κ2) is 8.05. The molecule has 2 aromatic rings. The fourth-order valence-electron chi connectivity index (χ4n) is 1.82. The molecule has 0 aliphatic rings. The third-order valence-electron chi connectivity index (χ3n) is 2.93. The van der Waals surface area contributed by atoms with Crippen molar-refractivity contribution in [3.05, 3.63) is 52.8 Å². The van der Waals surface area contributed by atoms with Crippen LogP contribution < -0.4 is 14.8 Å². The first-order valence-electron chi connectivity index (χ1n) is 6.83. The number of benzene rings is 2. The van der Waals surface area contributed by atoms with Gasteiger partial charge in [0.15, 0.2) is 6.10 Å². The summed E-state index contributed by atoms with van der Waals surface area (Å²) in [5, 5.41) is 2.46. The summed E-state index contributed by atoms with van der Waals surface area (Å²) in [5.74, 6) is -0.909. The summed E-state index contributed by atoms with van der Waals surface area (Å²) in [4.78, 5) is 12.2. The zero-order valence-corrected chi connectivity index (χ0v) is 14.0. The Kier molecular flexibility index (Phi) is 6.08. The average molecular weight is 404 g/mol. The van der Waals surface area contributed by atoms with Crippen molar-refractivity contribution in [3.8, 4) is 11.5 Å². The predicted octanol–water partition coefficient (Wildman–Crippen LogP) is 4.60. The van der Waals surface area contributed by atoms with E-state index in [1.807, 2.05) is 0 Å². The van der Waals surface area contributed by atoms with Gasteiger partial charge < -0.3 is 14.8 Å². The maximum Gasteiger partial charge on any atom is 0.387 e. The van der Waals surface area contributed by atoms with Crippen molar-refractivity contribution in [1.82, 2.24) is 0 Å². The van der Waals surface area contributed by atoms with Gasteiger partial charge >= 0.3 is 6.61 Å². The quantitative estimate of drug-likeness (QED) is 0.766. The number of carbonyl (C=O) groups excluding carboxylic acids is 1. The molecule has 0 heterocycles. The standard InChI is InChI=1S/C16H13BrF3NO3/c1-9(23-13-7-6-10(18)8-11(13)17)15(22)21-12-4-2-3-5-14(12)24-16(19)20/h2-9,16H,1H3,(H,21,22). The van der Waals surface area contributed by atoms with Crippen molar-refractivity contribution in [2.75, 3.05) is 5.32 Å². The Hall–Kier alpha value is -2.22. The van der Waals surface area contributed by atoms with E-state index in [1.54, 1.807) is 6.07 Å². The van der Waals surface area contributed by atoms with Crippen molar-refractivity contribution in [2.45, 2.75) is 19.6 Å². The number of rotatable bonds is 6. The highest BCUT2D eigenvalue weighted by Gasteiger charge is 2.19. The predicted molar refractivity (Wildman–Crippen MR) is 85.9 cm³/mol. The fraction of sp³-hybridized carbons (Fsp3) is 0.188. The third kappa shape index (κ3) is 4.89. The lowest BCUT2D eigenvalue weighted by molar-refractivity contribution is -0.122. The number of halogens is 4. The molecular formula is C16H13BrF3NO3. The van der Waals surface area contributed by atoms with Crippen LogP contribution in [0.4, 0.5) is 18.9 Å². The summed E-state index contributed by atoms with van der Waals surface area (Å²) < 4.78 is 47.9. The molecule has 1 N–H and O–H groups in total. The first-order chi connectivity index (χ1) is 11.4. The van der Waals surface area contributed by atoms with Crippen LogP contribution in [0.3, 0.4) is 0 Å². The van der Waals surface area contributed by atoms with Gasteiger partial charge in [-0.05, 0) is 53.2 Å². The number of hydrogen-bond acceptors (Lipinski definition) is 3. The van der Waals surface area contributed by atoms with Gasteiger partial charge in [0.1, 0.15) is 17.3 Å². The number of alkyl halides is 2. The van der Waals surface area contributed by atoms with Gasteiger partial charge in [0.25, 0.3) is 5.91 Å². The van der Waals surface area contributed by atoms with Gasteiger partial charge in [-0.25, -0.2) is 4.39 Å². The molecule has 0 aliphatic carbocycles. The molecule has 128 valence electrons. The normalized spacial score (nSPS) is 11.9. The molecule has 1 unspecified atom stereocenters. The number of ether oxygens (including phenoxy) is 2. The molecule has 24 heavy (non-hydrogen) atoms. The van der Waals surface area contributed by atoms with Gasteiger partial charge in [0.05, 0.1) is 10.2 Å². The third-order valence-corrected chi connectivity index (χ3v) is 3.55. The summed E-state index contributed by atoms with van der Waals surface area (Å²) in [6, 6.07) is 9.57. The molecule has 0 bridgehead atoms. The fourth-order valence-corrected chi connectivity index (χ4v) is 2.26. The Bertz CT molecular complexity index is 727. The van der Waals surface area contributed by atoms with E-state index in [2.05, 4.69) is 26.0 Å². The van der Waals surface area contributed by atoms with Crippen LogP contribution in [0.15, 0.2) is 46.9 Å². The van der Waals surface area contributed by atoms with Crippen LogP contribution in [0.5, 0.6) is 11.5 Å². The van der Waals surface area contributed by atoms with Crippen molar-refractivity contribution in [2.24, 2.45) is 0 Å². The van der Waals surface area contributed by atoms with E-state index in [0.717, 1.165) is 0 Å². The number of anilines is 1. The molecule has 0 radical (unpaired) electrons. The average Bonchev–Trinajstić information content (AvgIpc) is 2.51. The SMILES string of the molecule is CC(Oc1ccc(F)cc1Br)C(=O)Nc1ccccc1OC(F)F. The zero-order valence-electron chi connectivity index (χ0n) is 12.4. The Morgan fingerprint density at radius 3 is 2.50 bits per heavy atom. The summed E-state index contributed by atoms with van der Waals surface area (Å²) in [6.45, 7) is -1.53. The molecule has 8 heteroatoms. The highest BCUT2D eigenvalue weighted by Crippen LogP contribution is 2.28. The minimum absolute atomic E-state index is 0.0939. The second-order valence-corrected chi connectivity index (χ2v) is 5.55. The lowest BCUT2D eigenvalue weighted by Crippen LogP contribution is -2.30. The van der Waals surface area contributed by atoms with Gasteiger partial charge in [-0.2, -0.15) is 8.78 Å². The van der Waals surface area contributed by atoms with Crippen LogP contribution in [0.25, 0.3) is 0 Å². The molecule has 0 saturated heterocycles. The van der Waals surface area contributed by atoms with Gasteiger partial charge in [0, 0.05) is 0 Å². The lowest BCUT2D eigenvalue weighted by atomic mass is 10.2. The Labute approximate surface area is 144 Å². The molecule has 1 atom stereocenters. The molecule has 0 aliphatic heterocycles. The Morgan fingerprint density at radius 1 is 1.12 bits per heavy atom. The van der Waals surface area contributed by atoms with Crippen LogP contribution in [-0.2, 0) is 4.79 Å².